The van der Waals surface area contributed by atoms with Crippen LogP contribution in [0, 0.1) is 0 Å². The molecule has 2 fully saturated rings. The first-order valence-corrected chi connectivity index (χ1v) is 13.8. The van der Waals surface area contributed by atoms with Crippen molar-refractivity contribution in [2.24, 2.45) is 0 Å². The lowest BCUT2D eigenvalue weighted by Gasteiger charge is -2.32. The van der Waals surface area contributed by atoms with Crippen molar-refractivity contribution in [2.75, 3.05) is 44.3 Å². The number of amides is 1. The molecule has 1 N–H and O–H groups in total. The van der Waals surface area contributed by atoms with Crippen molar-refractivity contribution in [3.63, 3.8) is 0 Å². The number of benzene rings is 2. The van der Waals surface area contributed by atoms with Gasteiger partial charge in [-0.2, -0.15) is 4.31 Å². The number of morpholine rings is 1. The summed E-state index contributed by atoms with van der Waals surface area (Å²) in [5, 5.41) is 3.22. The van der Waals surface area contributed by atoms with Crippen LogP contribution in [0.1, 0.15) is 59.6 Å². The number of piperidine rings is 1. The third kappa shape index (κ3) is 4.72. The van der Waals surface area contributed by atoms with Gasteiger partial charge in [0.1, 0.15) is 0 Å². The molecule has 3 aliphatic rings. The van der Waals surface area contributed by atoms with E-state index in [-0.39, 0.29) is 16.8 Å². The highest BCUT2D eigenvalue weighted by Gasteiger charge is 2.30. The van der Waals surface area contributed by atoms with Crippen LogP contribution in [0.3, 0.4) is 0 Å². The maximum Gasteiger partial charge on any atom is 0.253 e. The maximum absolute atomic E-state index is 13.7. The summed E-state index contributed by atoms with van der Waals surface area (Å²) in [6.07, 6.45) is 5.71. The number of hydrogen-bond donors (Lipinski definition) is 1. The number of nitrogens with one attached hydrogen (secondary N) is 1. The molecule has 1 atom stereocenters. The summed E-state index contributed by atoms with van der Waals surface area (Å²) in [7, 11) is -3.64. The zero-order valence-corrected chi connectivity index (χ0v) is 20.4. The second kappa shape index (κ2) is 10.1. The summed E-state index contributed by atoms with van der Waals surface area (Å²) in [4.78, 5) is 16.0. The number of carbonyl (C=O) groups excluding carboxylic acids is 1. The van der Waals surface area contributed by atoms with Crippen molar-refractivity contribution in [3.8, 4) is 0 Å². The highest BCUT2D eigenvalue weighted by molar-refractivity contribution is 7.89. The van der Waals surface area contributed by atoms with Gasteiger partial charge in [-0.3, -0.25) is 4.79 Å². The fraction of sp³-hybridized carbons (Fsp3) is 0.500. The number of sulfonamides is 1. The lowest BCUT2D eigenvalue weighted by atomic mass is 9.87. The summed E-state index contributed by atoms with van der Waals surface area (Å²) in [6.45, 7) is 3.59. The molecular weight excluding hydrogens is 450 g/mol. The fourth-order valence-electron chi connectivity index (χ4n) is 5.33. The van der Waals surface area contributed by atoms with E-state index in [4.69, 9.17) is 4.74 Å². The van der Waals surface area contributed by atoms with Crippen LogP contribution in [0.15, 0.2) is 47.4 Å². The molecule has 0 aromatic heterocycles. The lowest BCUT2D eigenvalue weighted by molar-refractivity contribution is 0.0931. The van der Waals surface area contributed by atoms with Gasteiger partial charge in [0.15, 0.2) is 0 Å². The minimum Gasteiger partial charge on any atom is -0.378 e. The van der Waals surface area contributed by atoms with Crippen molar-refractivity contribution < 1.29 is 17.9 Å². The standard InChI is InChI=1S/C26H33N3O4S/c30-26(27-24-10-6-8-20-7-2-3-9-22(20)24)23-19-21(34(31,32)29-13-4-1-5-14-29)11-12-25(23)28-15-17-33-18-16-28/h2-3,7,9,11-12,19,24H,1,4-6,8,10,13-18H2,(H,27,30). The van der Waals surface area contributed by atoms with Crippen LogP contribution < -0.4 is 10.2 Å². The Bertz CT molecular complexity index is 1140. The molecule has 2 heterocycles. The average molecular weight is 484 g/mol. The summed E-state index contributed by atoms with van der Waals surface area (Å²) < 4.78 is 33.8. The molecule has 0 radical (unpaired) electrons. The molecule has 0 bridgehead atoms. The van der Waals surface area contributed by atoms with Crippen molar-refractivity contribution >= 4 is 21.6 Å². The van der Waals surface area contributed by atoms with Gasteiger partial charge in [0.25, 0.3) is 5.91 Å². The van der Waals surface area contributed by atoms with E-state index in [1.807, 2.05) is 12.1 Å². The van der Waals surface area contributed by atoms with Gasteiger partial charge in [-0.05, 0) is 61.4 Å². The van der Waals surface area contributed by atoms with Gasteiger partial charge in [0.2, 0.25) is 10.0 Å². The van der Waals surface area contributed by atoms with Gasteiger partial charge < -0.3 is 15.0 Å². The van der Waals surface area contributed by atoms with Gasteiger partial charge in [-0.1, -0.05) is 30.7 Å². The largest absolute Gasteiger partial charge is 0.378 e. The van der Waals surface area contributed by atoms with E-state index in [2.05, 4.69) is 22.3 Å². The van der Waals surface area contributed by atoms with E-state index in [0.717, 1.165) is 49.8 Å². The molecule has 1 amide bonds. The Kier molecular flexibility index (Phi) is 6.90. The maximum atomic E-state index is 13.7. The summed E-state index contributed by atoms with van der Waals surface area (Å²) in [5.74, 6) is -0.223. The van der Waals surface area contributed by atoms with E-state index < -0.39 is 10.0 Å². The van der Waals surface area contributed by atoms with E-state index in [0.29, 0.717) is 45.0 Å². The van der Waals surface area contributed by atoms with Crippen LogP contribution in [-0.4, -0.2) is 58.0 Å². The van der Waals surface area contributed by atoms with Gasteiger partial charge in [-0.25, -0.2) is 8.42 Å². The highest BCUT2D eigenvalue weighted by atomic mass is 32.2. The molecule has 182 valence electrons. The van der Waals surface area contributed by atoms with Crippen LogP contribution in [0.2, 0.25) is 0 Å². The first kappa shape index (κ1) is 23.3. The highest BCUT2D eigenvalue weighted by Crippen LogP contribution is 2.32. The number of hydrogen-bond acceptors (Lipinski definition) is 5. The molecule has 1 unspecified atom stereocenters. The molecule has 5 rings (SSSR count). The van der Waals surface area contributed by atoms with Crippen LogP contribution in [0.4, 0.5) is 5.69 Å². The van der Waals surface area contributed by atoms with Crippen LogP contribution in [0.5, 0.6) is 0 Å². The van der Waals surface area contributed by atoms with Gasteiger partial charge in [0.05, 0.1) is 29.7 Å². The van der Waals surface area contributed by atoms with Gasteiger partial charge in [-0.15, -0.1) is 0 Å². The summed E-state index contributed by atoms with van der Waals surface area (Å²) >= 11 is 0. The number of carbonyl (C=O) groups is 1. The molecule has 0 spiro atoms. The third-order valence-corrected chi connectivity index (χ3v) is 9.09. The first-order chi connectivity index (χ1) is 16.5. The first-order valence-electron chi connectivity index (χ1n) is 12.4. The molecule has 2 saturated heterocycles. The normalized spacial score (nSPS) is 21.6. The predicted octanol–water partition coefficient (Wildman–Crippen LogP) is 3.51. The number of fused-ring (bicyclic) bond motifs is 1. The quantitative estimate of drug-likeness (QED) is 0.704. The Morgan fingerprint density at radius 3 is 2.50 bits per heavy atom. The van der Waals surface area contributed by atoms with Crippen molar-refractivity contribution in [1.82, 2.24) is 9.62 Å². The molecule has 7 nitrogen and oxygen atoms in total. The minimum absolute atomic E-state index is 0.0719. The molecule has 2 aromatic rings. The Morgan fingerprint density at radius 2 is 1.71 bits per heavy atom. The third-order valence-electron chi connectivity index (χ3n) is 7.19. The Morgan fingerprint density at radius 1 is 0.941 bits per heavy atom. The monoisotopic (exact) mass is 483 g/mol. The fourth-order valence-corrected chi connectivity index (χ4v) is 6.88. The van der Waals surface area contributed by atoms with Crippen LogP contribution in [0.25, 0.3) is 0 Å². The minimum atomic E-state index is -3.64. The van der Waals surface area contributed by atoms with Crippen molar-refractivity contribution in [2.45, 2.75) is 49.5 Å². The molecule has 2 aliphatic heterocycles. The van der Waals surface area contributed by atoms with Crippen molar-refractivity contribution in [1.29, 1.82) is 0 Å². The van der Waals surface area contributed by atoms with Crippen LogP contribution in [-0.2, 0) is 21.2 Å². The molecule has 2 aromatic carbocycles. The molecule has 1 aliphatic carbocycles. The molecule has 34 heavy (non-hydrogen) atoms. The zero-order valence-electron chi connectivity index (χ0n) is 19.5. The number of aryl methyl sites for hydroxylation is 1. The lowest BCUT2D eigenvalue weighted by Crippen LogP contribution is -2.39. The van der Waals surface area contributed by atoms with Gasteiger partial charge >= 0.3 is 0 Å². The molecule has 8 heteroatoms. The number of rotatable bonds is 5. The smallest absolute Gasteiger partial charge is 0.253 e. The van der Waals surface area contributed by atoms with E-state index in [1.54, 1.807) is 22.5 Å². The number of nitrogens with zero attached hydrogens (tertiary/aromatic N) is 2. The predicted molar refractivity (Wildman–Crippen MR) is 132 cm³/mol. The Labute approximate surface area is 202 Å². The SMILES string of the molecule is O=C(NC1CCCc2ccccc21)c1cc(S(=O)(=O)N2CCCCC2)ccc1N1CCOCC1. The second-order valence-electron chi connectivity index (χ2n) is 9.36. The van der Waals surface area contributed by atoms with Crippen LogP contribution >= 0.6 is 0 Å². The topological polar surface area (TPSA) is 79.0 Å². The second-order valence-corrected chi connectivity index (χ2v) is 11.3. The zero-order chi connectivity index (χ0) is 23.5. The molecule has 0 saturated carbocycles. The van der Waals surface area contributed by atoms with E-state index >= 15 is 0 Å². The Hall–Kier alpha value is -2.42. The summed E-state index contributed by atoms with van der Waals surface area (Å²) in [5.41, 5.74) is 3.62. The number of anilines is 1. The Balaban J connectivity index is 1.48. The summed E-state index contributed by atoms with van der Waals surface area (Å²) in [6, 6.07) is 13.2. The molecular formula is C26H33N3O4S. The van der Waals surface area contributed by atoms with Crippen molar-refractivity contribution in [3.05, 3.63) is 59.2 Å². The van der Waals surface area contributed by atoms with E-state index in [1.165, 1.54) is 5.56 Å². The average Bonchev–Trinajstić information content (AvgIpc) is 2.89. The van der Waals surface area contributed by atoms with Gasteiger partial charge in [0, 0.05) is 31.9 Å². The number of ether oxygens (including phenoxy) is 1. The van der Waals surface area contributed by atoms with E-state index in [9.17, 15) is 13.2 Å².